The standard InChI is InChI=1S/C27H36N2O12SSi/c1-27(2,3)43(5,6)40-19-25(20-10-8-7-9-11-20)24(21-12-14-23(15-13-21)42(4,35)36)18-38-26(30)37-16-22(41-29(33)34)17-39-28(31)32/h7-15,22H,16-19H2,1-6H3. The van der Waals surface area contributed by atoms with E-state index in [-0.39, 0.29) is 23.1 Å². The number of hydrogen-bond donors (Lipinski definition) is 0. The molecular formula is C27H36N2O12SSi. The molecule has 0 heterocycles. The molecule has 2 aromatic carbocycles. The molecule has 2 aromatic rings. The van der Waals surface area contributed by atoms with Crippen molar-refractivity contribution < 1.29 is 47.0 Å². The first-order valence-corrected chi connectivity index (χ1v) is 17.8. The minimum absolute atomic E-state index is 0.100. The van der Waals surface area contributed by atoms with Gasteiger partial charge in [-0.3, -0.25) is 0 Å². The number of carbonyl (C=O) groups excluding carboxylic acids is 1. The average molecular weight is 641 g/mol. The third-order valence-electron chi connectivity index (χ3n) is 6.82. The topological polar surface area (TPSA) is 184 Å². The highest BCUT2D eigenvalue weighted by Crippen LogP contribution is 2.38. The lowest BCUT2D eigenvalue weighted by Crippen LogP contribution is -2.41. The van der Waals surface area contributed by atoms with E-state index in [4.69, 9.17) is 13.9 Å². The highest BCUT2D eigenvalue weighted by atomic mass is 32.2. The second-order valence-corrected chi connectivity index (χ2v) is 17.8. The molecular weight excluding hydrogens is 604 g/mol. The first kappa shape index (κ1) is 35.2. The maximum Gasteiger partial charge on any atom is 0.508 e. The van der Waals surface area contributed by atoms with Crippen LogP contribution in [0.25, 0.3) is 11.1 Å². The fraction of sp³-hybridized carbons (Fsp3) is 0.444. The lowest BCUT2D eigenvalue weighted by atomic mass is 9.95. The van der Waals surface area contributed by atoms with E-state index < -0.39 is 53.8 Å². The molecule has 16 heteroatoms. The van der Waals surface area contributed by atoms with Crippen molar-refractivity contribution >= 4 is 35.5 Å². The molecule has 0 aliphatic heterocycles. The van der Waals surface area contributed by atoms with E-state index >= 15 is 0 Å². The summed E-state index contributed by atoms with van der Waals surface area (Å²) in [7, 11) is -5.73. The van der Waals surface area contributed by atoms with E-state index in [0.717, 1.165) is 11.8 Å². The molecule has 14 nitrogen and oxygen atoms in total. The highest BCUT2D eigenvalue weighted by molar-refractivity contribution is 7.90. The number of rotatable bonds is 15. The first-order chi connectivity index (χ1) is 19.9. The predicted molar refractivity (Wildman–Crippen MR) is 158 cm³/mol. The van der Waals surface area contributed by atoms with E-state index in [2.05, 4.69) is 43.5 Å². The molecule has 43 heavy (non-hydrogen) atoms. The molecule has 1 unspecified atom stereocenters. The molecule has 0 saturated carbocycles. The van der Waals surface area contributed by atoms with E-state index in [0.29, 0.717) is 16.7 Å². The van der Waals surface area contributed by atoms with E-state index in [1.165, 1.54) is 12.1 Å². The average Bonchev–Trinajstić information content (AvgIpc) is 2.91. The molecule has 1 atom stereocenters. The summed E-state index contributed by atoms with van der Waals surface area (Å²) in [6.45, 7) is 8.66. The Morgan fingerprint density at radius 2 is 1.42 bits per heavy atom. The monoisotopic (exact) mass is 640 g/mol. The van der Waals surface area contributed by atoms with Gasteiger partial charge in [-0.1, -0.05) is 63.2 Å². The number of nitrogens with zero attached hydrogens (tertiary/aromatic N) is 2. The van der Waals surface area contributed by atoms with E-state index in [9.17, 15) is 33.4 Å². The molecule has 0 bridgehead atoms. The summed E-state index contributed by atoms with van der Waals surface area (Å²) in [6, 6.07) is 15.3. The summed E-state index contributed by atoms with van der Waals surface area (Å²) >= 11 is 0. The summed E-state index contributed by atoms with van der Waals surface area (Å²) in [5, 5.41) is 18.7. The maximum absolute atomic E-state index is 12.5. The van der Waals surface area contributed by atoms with Crippen molar-refractivity contribution in [1.82, 2.24) is 0 Å². The Kier molecular flexibility index (Phi) is 12.2. The van der Waals surface area contributed by atoms with Gasteiger partial charge in [0.1, 0.15) is 19.8 Å². The Hall–Kier alpha value is -4.02. The van der Waals surface area contributed by atoms with Gasteiger partial charge in [-0.15, -0.1) is 20.2 Å². The molecule has 0 aromatic heterocycles. The van der Waals surface area contributed by atoms with Gasteiger partial charge < -0.3 is 23.6 Å². The number of sulfone groups is 1. The van der Waals surface area contributed by atoms with Crippen molar-refractivity contribution in [2.24, 2.45) is 0 Å². The van der Waals surface area contributed by atoms with Crippen LogP contribution in [0.5, 0.6) is 0 Å². The zero-order chi connectivity index (χ0) is 32.4. The minimum atomic E-state index is -3.48. The van der Waals surface area contributed by atoms with Gasteiger partial charge in [-0.2, -0.15) is 0 Å². The Bertz CT molecular complexity index is 1410. The lowest BCUT2D eigenvalue weighted by molar-refractivity contribution is -0.790. The molecule has 2 rings (SSSR count). The van der Waals surface area contributed by atoms with Crippen molar-refractivity contribution in [3.05, 3.63) is 86.0 Å². The van der Waals surface area contributed by atoms with Crippen LogP contribution in [-0.2, 0) is 33.4 Å². The Labute approximate surface area is 250 Å². The van der Waals surface area contributed by atoms with Crippen LogP contribution < -0.4 is 0 Å². The zero-order valence-electron chi connectivity index (χ0n) is 24.8. The fourth-order valence-electron chi connectivity index (χ4n) is 3.41. The number of carbonyl (C=O) groups is 1. The summed E-state index contributed by atoms with van der Waals surface area (Å²) in [6.07, 6.45) is -1.72. The van der Waals surface area contributed by atoms with E-state index in [1.54, 1.807) is 12.1 Å². The van der Waals surface area contributed by atoms with Crippen LogP contribution in [0.15, 0.2) is 59.5 Å². The molecule has 0 amide bonds. The van der Waals surface area contributed by atoms with Gasteiger partial charge in [0.25, 0.3) is 10.2 Å². The van der Waals surface area contributed by atoms with Crippen molar-refractivity contribution in [3.8, 4) is 0 Å². The van der Waals surface area contributed by atoms with Gasteiger partial charge in [-0.05, 0) is 47.0 Å². The van der Waals surface area contributed by atoms with Gasteiger partial charge in [0.2, 0.25) is 0 Å². The summed E-state index contributed by atoms with van der Waals surface area (Å²) < 4.78 is 40.9. The third-order valence-corrected chi connectivity index (χ3v) is 12.4. The third kappa shape index (κ3) is 11.3. The number of benzene rings is 2. The Morgan fingerprint density at radius 1 is 0.860 bits per heavy atom. The van der Waals surface area contributed by atoms with Gasteiger partial charge in [0.15, 0.2) is 24.3 Å². The van der Waals surface area contributed by atoms with E-state index in [1.807, 2.05) is 30.3 Å². The van der Waals surface area contributed by atoms with Gasteiger partial charge >= 0.3 is 6.16 Å². The van der Waals surface area contributed by atoms with Gasteiger partial charge in [0.05, 0.1) is 11.5 Å². The highest BCUT2D eigenvalue weighted by Gasteiger charge is 2.37. The molecule has 0 spiro atoms. The van der Waals surface area contributed by atoms with Crippen LogP contribution in [-0.4, -0.2) is 71.9 Å². The Morgan fingerprint density at radius 3 is 1.93 bits per heavy atom. The quantitative estimate of drug-likeness (QED) is 0.0839. The lowest BCUT2D eigenvalue weighted by Gasteiger charge is -2.36. The van der Waals surface area contributed by atoms with Crippen molar-refractivity contribution in [3.63, 3.8) is 0 Å². The molecule has 0 aliphatic carbocycles. The fourth-order valence-corrected chi connectivity index (χ4v) is 4.98. The number of hydrogen-bond acceptors (Lipinski definition) is 12. The van der Waals surface area contributed by atoms with Crippen LogP contribution >= 0.6 is 0 Å². The second-order valence-electron chi connectivity index (χ2n) is 11.0. The van der Waals surface area contributed by atoms with Gasteiger partial charge in [0, 0.05) is 11.8 Å². The molecule has 0 N–H and O–H groups in total. The normalized spacial score (nSPS) is 13.3. The SMILES string of the molecule is CC(C)(C)[Si](C)(C)OCC(=C(COC(=O)OCC(CO[N+](=O)[O-])O[N+](=O)[O-])c1ccc(S(C)(=O)=O)cc1)c1ccccc1. The molecule has 0 saturated heterocycles. The first-order valence-electron chi connectivity index (χ1n) is 13.0. The molecule has 0 fully saturated rings. The van der Waals surface area contributed by atoms with Crippen LogP contribution in [0.3, 0.4) is 0 Å². The summed E-state index contributed by atoms with van der Waals surface area (Å²) in [5.74, 6) is 0. The smallest absolute Gasteiger partial charge is 0.432 e. The summed E-state index contributed by atoms with van der Waals surface area (Å²) in [4.78, 5) is 42.1. The van der Waals surface area contributed by atoms with Crippen molar-refractivity contribution in [2.45, 2.75) is 49.9 Å². The minimum Gasteiger partial charge on any atom is -0.432 e. The van der Waals surface area contributed by atoms with Crippen LogP contribution in [0.1, 0.15) is 31.9 Å². The maximum atomic E-state index is 12.5. The summed E-state index contributed by atoms with van der Waals surface area (Å²) in [5.41, 5.74) is 2.50. The van der Waals surface area contributed by atoms with Crippen molar-refractivity contribution in [2.75, 3.05) is 32.7 Å². The molecule has 0 aliphatic rings. The van der Waals surface area contributed by atoms with Gasteiger partial charge in [-0.25, -0.2) is 13.2 Å². The largest absolute Gasteiger partial charge is 0.508 e. The number of ether oxygens (including phenoxy) is 2. The molecule has 0 radical (unpaired) electrons. The van der Waals surface area contributed by atoms with Crippen LogP contribution in [0.4, 0.5) is 4.79 Å². The second kappa shape index (κ2) is 14.9. The van der Waals surface area contributed by atoms with Crippen molar-refractivity contribution in [1.29, 1.82) is 0 Å². The predicted octanol–water partition coefficient (Wildman–Crippen LogP) is 4.96. The Balaban J connectivity index is 2.45. The molecule has 236 valence electrons. The zero-order valence-corrected chi connectivity index (χ0v) is 26.6. The van der Waals surface area contributed by atoms with Crippen LogP contribution in [0.2, 0.25) is 18.1 Å². The van der Waals surface area contributed by atoms with Crippen LogP contribution in [0, 0.1) is 20.2 Å².